The summed E-state index contributed by atoms with van der Waals surface area (Å²) in [5.41, 5.74) is 2.56. The Bertz CT molecular complexity index is 334. The zero-order chi connectivity index (χ0) is 10.6. The van der Waals surface area contributed by atoms with Gasteiger partial charge in [0.15, 0.2) is 0 Å². The van der Waals surface area contributed by atoms with E-state index in [9.17, 15) is 4.79 Å². The van der Waals surface area contributed by atoms with Gasteiger partial charge in [0, 0.05) is 12.7 Å². The van der Waals surface area contributed by atoms with E-state index >= 15 is 0 Å². The van der Waals surface area contributed by atoms with Gasteiger partial charge in [-0.1, -0.05) is 0 Å². The van der Waals surface area contributed by atoms with E-state index in [1.807, 2.05) is 26.1 Å². The topological polar surface area (TPSA) is 38.3 Å². The van der Waals surface area contributed by atoms with Crippen molar-refractivity contribution in [2.75, 3.05) is 19.0 Å². The molecule has 0 atom stereocenters. The van der Waals surface area contributed by atoms with Crippen LogP contribution < -0.4 is 5.32 Å². The Morgan fingerprint density at radius 1 is 1.43 bits per heavy atom. The quantitative estimate of drug-likeness (QED) is 0.748. The molecule has 0 amide bonds. The van der Waals surface area contributed by atoms with E-state index in [1.54, 1.807) is 13.0 Å². The number of carbonyl (C=O) groups excluding carboxylic acids is 1. The molecule has 0 unspecified atom stereocenters. The molecule has 3 heteroatoms. The average molecular weight is 193 g/mol. The number of ether oxygens (including phenoxy) is 1. The van der Waals surface area contributed by atoms with Crippen molar-refractivity contribution in [3.05, 3.63) is 29.3 Å². The minimum atomic E-state index is -0.271. The molecule has 0 spiro atoms. The van der Waals surface area contributed by atoms with Crippen molar-refractivity contribution in [1.29, 1.82) is 0 Å². The van der Waals surface area contributed by atoms with Gasteiger partial charge in [0.25, 0.3) is 0 Å². The fourth-order valence-corrected chi connectivity index (χ4v) is 1.26. The van der Waals surface area contributed by atoms with E-state index in [4.69, 9.17) is 4.74 Å². The first kappa shape index (κ1) is 10.6. The lowest BCUT2D eigenvalue weighted by Crippen LogP contribution is -2.05. The van der Waals surface area contributed by atoms with Gasteiger partial charge in [-0.05, 0) is 37.6 Å². The van der Waals surface area contributed by atoms with Crippen molar-refractivity contribution >= 4 is 11.7 Å². The Morgan fingerprint density at radius 3 is 2.71 bits per heavy atom. The summed E-state index contributed by atoms with van der Waals surface area (Å²) in [7, 11) is 1.82. The van der Waals surface area contributed by atoms with E-state index in [-0.39, 0.29) is 5.97 Å². The molecule has 0 saturated carbocycles. The maximum atomic E-state index is 11.4. The van der Waals surface area contributed by atoms with Gasteiger partial charge in [0.05, 0.1) is 12.2 Å². The molecule has 0 saturated heterocycles. The molecule has 76 valence electrons. The lowest BCUT2D eigenvalue weighted by atomic mass is 10.1. The van der Waals surface area contributed by atoms with Crippen LogP contribution in [0.4, 0.5) is 5.69 Å². The van der Waals surface area contributed by atoms with Gasteiger partial charge in [-0.2, -0.15) is 0 Å². The van der Waals surface area contributed by atoms with E-state index in [0.717, 1.165) is 11.3 Å². The second-order valence-corrected chi connectivity index (χ2v) is 3.06. The lowest BCUT2D eigenvalue weighted by Gasteiger charge is -2.06. The number of hydrogen-bond donors (Lipinski definition) is 1. The van der Waals surface area contributed by atoms with Gasteiger partial charge in [-0.15, -0.1) is 0 Å². The summed E-state index contributed by atoms with van der Waals surface area (Å²) in [5, 5.41) is 3.00. The summed E-state index contributed by atoms with van der Waals surface area (Å²) in [6.07, 6.45) is 0. The van der Waals surface area contributed by atoms with Crippen LogP contribution in [-0.4, -0.2) is 19.6 Å². The number of carbonyl (C=O) groups is 1. The number of nitrogens with one attached hydrogen (secondary N) is 1. The Hall–Kier alpha value is -1.51. The van der Waals surface area contributed by atoms with Crippen LogP contribution in [0.25, 0.3) is 0 Å². The van der Waals surface area contributed by atoms with E-state index in [1.165, 1.54) is 0 Å². The van der Waals surface area contributed by atoms with Gasteiger partial charge in [-0.3, -0.25) is 0 Å². The molecule has 1 N–H and O–H groups in total. The Labute approximate surface area is 84.1 Å². The van der Waals surface area contributed by atoms with Crippen LogP contribution in [0, 0.1) is 6.92 Å². The van der Waals surface area contributed by atoms with Crippen molar-refractivity contribution in [1.82, 2.24) is 0 Å². The van der Waals surface area contributed by atoms with Crippen molar-refractivity contribution in [2.45, 2.75) is 13.8 Å². The average Bonchev–Trinajstić information content (AvgIpc) is 2.17. The highest BCUT2D eigenvalue weighted by molar-refractivity contribution is 5.90. The number of aryl methyl sites for hydroxylation is 1. The lowest BCUT2D eigenvalue weighted by molar-refractivity contribution is 0.0526. The third-order valence-electron chi connectivity index (χ3n) is 1.88. The first-order valence-electron chi connectivity index (χ1n) is 4.64. The van der Waals surface area contributed by atoms with Crippen LogP contribution >= 0.6 is 0 Å². The number of benzene rings is 1. The molecular formula is C11H15NO2. The predicted molar refractivity (Wildman–Crippen MR) is 56.7 cm³/mol. The molecule has 0 heterocycles. The molecule has 0 aromatic heterocycles. The third-order valence-corrected chi connectivity index (χ3v) is 1.88. The van der Waals surface area contributed by atoms with Crippen LogP contribution in [0.15, 0.2) is 18.2 Å². The molecule has 3 nitrogen and oxygen atoms in total. The van der Waals surface area contributed by atoms with Crippen molar-refractivity contribution < 1.29 is 9.53 Å². The zero-order valence-corrected chi connectivity index (χ0v) is 8.76. The second-order valence-electron chi connectivity index (χ2n) is 3.06. The largest absolute Gasteiger partial charge is 0.462 e. The van der Waals surface area contributed by atoms with Crippen molar-refractivity contribution in [2.24, 2.45) is 0 Å². The summed E-state index contributed by atoms with van der Waals surface area (Å²) >= 11 is 0. The minimum absolute atomic E-state index is 0.271. The van der Waals surface area contributed by atoms with E-state index in [0.29, 0.717) is 12.2 Å². The smallest absolute Gasteiger partial charge is 0.338 e. The van der Waals surface area contributed by atoms with Crippen LogP contribution in [0.3, 0.4) is 0 Å². The van der Waals surface area contributed by atoms with Gasteiger partial charge >= 0.3 is 5.97 Å². The standard InChI is InChI=1S/C11H15NO2/c1-4-14-11(13)9-5-8(2)6-10(7-9)12-3/h5-7,12H,4H2,1-3H3. The Morgan fingerprint density at radius 2 is 2.14 bits per heavy atom. The summed E-state index contributed by atoms with van der Waals surface area (Å²) in [6, 6.07) is 5.58. The highest BCUT2D eigenvalue weighted by Gasteiger charge is 2.07. The fourth-order valence-electron chi connectivity index (χ4n) is 1.26. The van der Waals surface area contributed by atoms with Gasteiger partial charge in [0.2, 0.25) is 0 Å². The second kappa shape index (κ2) is 4.65. The van der Waals surface area contributed by atoms with Gasteiger partial charge in [0.1, 0.15) is 0 Å². The molecular weight excluding hydrogens is 178 g/mol. The molecule has 1 aromatic rings. The SMILES string of the molecule is CCOC(=O)c1cc(C)cc(NC)c1. The zero-order valence-electron chi connectivity index (χ0n) is 8.76. The number of esters is 1. The maximum absolute atomic E-state index is 11.4. The molecule has 0 aliphatic heterocycles. The Kier molecular flexibility index (Phi) is 3.51. The van der Waals surface area contributed by atoms with E-state index in [2.05, 4.69) is 5.32 Å². The molecule has 0 bridgehead atoms. The first-order valence-corrected chi connectivity index (χ1v) is 4.64. The number of hydrogen-bond acceptors (Lipinski definition) is 3. The number of rotatable bonds is 3. The predicted octanol–water partition coefficient (Wildman–Crippen LogP) is 2.21. The first-order chi connectivity index (χ1) is 6.67. The van der Waals surface area contributed by atoms with Crippen molar-refractivity contribution in [3.63, 3.8) is 0 Å². The summed E-state index contributed by atoms with van der Waals surface area (Å²) < 4.78 is 4.92. The van der Waals surface area contributed by atoms with E-state index < -0.39 is 0 Å². The molecule has 1 rings (SSSR count). The molecule has 0 aliphatic rings. The van der Waals surface area contributed by atoms with Crippen LogP contribution in [-0.2, 0) is 4.74 Å². The normalized spacial score (nSPS) is 9.64. The number of anilines is 1. The van der Waals surface area contributed by atoms with Gasteiger partial charge in [-0.25, -0.2) is 4.79 Å². The molecule has 0 aliphatic carbocycles. The molecule has 0 fully saturated rings. The highest BCUT2D eigenvalue weighted by atomic mass is 16.5. The van der Waals surface area contributed by atoms with Crippen LogP contribution in [0.2, 0.25) is 0 Å². The Balaban J connectivity index is 2.96. The summed E-state index contributed by atoms with van der Waals surface area (Å²) in [5.74, 6) is -0.271. The summed E-state index contributed by atoms with van der Waals surface area (Å²) in [4.78, 5) is 11.4. The highest BCUT2D eigenvalue weighted by Crippen LogP contribution is 2.14. The monoisotopic (exact) mass is 193 g/mol. The van der Waals surface area contributed by atoms with Crippen LogP contribution in [0.5, 0.6) is 0 Å². The molecule has 1 aromatic carbocycles. The molecule has 0 radical (unpaired) electrons. The third kappa shape index (κ3) is 2.49. The minimum Gasteiger partial charge on any atom is -0.462 e. The molecule has 14 heavy (non-hydrogen) atoms. The van der Waals surface area contributed by atoms with Gasteiger partial charge < -0.3 is 10.1 Å². The maximum Gasteiger partial charge on any atom is 0.338 e. The van der Waals surface area contributed by atoms with Crippen LogP contribution in [0.1, 0.15) is 22.8 Å². The van der Waals surface area contributed by atoms with Crippen molar-refractivity contribution in [3.8, 4) is 0 Å². The summed E-state index contributed by atoms with van der Waals surface area (Å²) in [6.45, 7) is 4.15. The fraction of sp³-hybridized carbons (Fsp3) is 0.364.